The Morgan fingerprint density at radius 3 is 2.44 bits per heavy atom. The molecule has 0 saturated carbocycles. The van der Waals surface area contributed by atoms with Gasteiger partial charge in [-0.1, -0.05) is 24.3 Å². The molecule has 0 aromatic heterocycles. The molecular formula is C15H18N2O. The fourth-order valence-electron chi connectivity index (χ4n) is 1.73. The second kappa shape index (κ2) is 6.61. The third-order valence-electron chi connectivity index (χ3n) is 2.89. The van der Waals surface area contributed by atoms with Gasteiger partial charge in [-0.05, 0) is 38.0 Å². The van der Waals surface area contributed by atoms with E-state index in [0.29, 0.717) is 13.1 Å². The lowest BCUT2D eigenvalue weighted by Crippen LogP contribution is -2.31. The van der Waals surface area contributed by atoms with Gasteiger partial charge in [0.1, 0.15) is 11.6 Å². The average Bonchev–Trinajstić information content (AvgIpc) is 2.39. The van der Waals surface area contributed by atoms with Gasteiger partial charge in [-0.3, -0.25) is 4.79 Å². The predicted octanol–water partition coefficient (Wildman–Crippen LogP) is 2.77. The first-order valence-corrected chi connectivity index (χ1v) is 6.10. The molecule has 1 aromatic carbocycles. The zero-order chi connectivity index (χ0) is 13.5. The Kier molecular flexibility index (Phi) is 5.13. The van der Waals surface area contributed by atoms with Crippen molar-refractivity contribution < 1.29 is 4.79 Å². The number of hydrogen-bond donors (Lipinski definition) is 0. The van der Waals surface area contributed by atoms with Crippen molar-refractivity contribution in [1.29, 1.82) is 5.26 Å². The van der Waals surface area contributed by atoms with Crippen molar-refractivity contribution in [2.45, 2.75) is 20.8 Å². The number of aryl methyl sites for hydroxylation is 1. The normalized spacial score (nSPS) is 10.9. The Hall–Kier alpha value is -2.08. The number of rotatable bonds is 4. The van der Waals surface area contributed by atoms with Crippen molar-refractivity contribution in [3.8, 4) is 6.07 Å². The maximum atomic E-state index is 12.1. The molecule has 0 aliphatic heterocycles. The van der Waals surface area contributed by atoms with Gasteiger partial charge in [0.05, 0.1) is 0 Å². The fourth-order valence-corrected chi connectivity index (χ4v) is 1.73. The van der Waals surface area contributed by atoms with E-state index in [1.165, 1.54) is 0 Å². The summed E-state index contributed by atoms with van der Waals surface area (Å²) in [4.78, 5) is 13.7. The summed E-state index contributed by atoms with van der Waals surface area (Å²) in [6, 6.07) is 9.70. The van der Waals surface area contributed by atoms with Gasteiger partial charge in [0.2, 0.25) is 0 Å². The van der Waals surface area contributed by atoms with Gasteiger partial charge < -0.3 is 4.90 Å². The van der Waals surface area contributed by atoms with Gasteiger partial charge in [-0.15, -0.1) is 0 Å². The van der Waals surface area contributed by atoms with Crippen LogP contribution in [0.3, 0.4) is 0 Å². The molecule has 0 unspecified atom stereocenters. The molecular weight excluding hydrogens is 224 g/mol. The molecule has 0 atom stereocenters. The van der Waals surface area contributed by atoms with Gasteiger partial charge in [0.25, 0.3) is 5.91 Å². The summed E-state index contributed by atoms with van der Waals surface area (Å²) in [7, 11) is 0. The largest absolute Gasteiger partial charge is 0.339 e. The van der Waals surface area contributed by atoms with Crippen molar-refractivity contribution in [1.82, 2.24) is 4.90 Å². The van der Waals surface area contributed by atoms with Crippen LogP contribution in [-0.2, 0) is 4.79 Å². The standard InChI is InChI=1S/C15H18N2O/c1-4-17(5-2)15(18)14(11-16)10-13-9-7-6-8-12(13)3/h6-10H,4-5H2,1-3H3/b14-10+. The maximum Gasteiger partial charge on any atom is 0.264 e. The van der Waals surface area contributed by atoms with Crippen LogP contribution in [-0.4, -0.2) is 23.9 Å². The first kappa shape index (κ1) is 14.0. The summed E-state index contributed by atoms with van der Waals surface area (Å²) in [5.74, 6) is -0.203. The molecule has 0 fully saturated rings. The zero-order valence-corrected chi connectivity index (χ0v) is 11.1. The molecule has 0 radical (unpaired) electrons. The highest BCUT2D eigenvalue weighted by atomic mass is 16.2. The van der Waals surface area contributed by atoms with Gasteiger partial charge in [-0.2, -0.15) is 5.26 Å². The van der Waals surface area contributed by atoms with Crippen LogP contribution in [0, 0.1) is 18.3 Å². The lowest BCUT2D eigenvalue weighted by atomic mass is 10.1. The Balaban J connectivity index is 3.08. The van der Waals surface area contributed by atoms with E-state index in [1.54, 1.807) is 11.0 Å². The SMILES string of the molecule is CCN(CC)C(=O)/C(C#N)=C/c1ccccc1C. The highest BCUT2D eigenvalue weighted by Crippen LogP contribution is 2.13. The number of nitriles is 1. The van der Waals surface area contributed by atoms with Gasteiger partial charge in [-0.25, -0.2) is 0 Å². The second-order valence-corrected chi connectivity index (χ2v) is 4.00. The van der Waals surface area contributed by atoms with E-state index in [0.717, 1.165) is 11.1 Å². The van der Waals surface area contributed by atoms with E-state index in [1.807, 2.05) is 51.1 Å². The zero-order valence-electron chi connectivity index (χ0n) is 11.1. The van der Waals surface area contributed by atoms with Crippen molar-refractivity contribution in [3.05, 3.63) is 41.0 Å². The van der Waals surface area contributed by atoms with Crippen LogP contribution < -0.4 is 0 Å². The topological polar surface area (TPSA) is 44.1 Å². The molecule has 0 heterocycles. The molecule has 94 valence electrons. The molecule has 18 heavy (non-hydrogen) atoms. The van der Waals surface area contributed by atoms with E-state index in [2.05, 4.69) is 0 Å². The highest BCUT2D eigenvalue weighted by Gasteiger charge is 2.15. The van der Waals surface area contributed by atoms with Gasteiger partial charge in [0.15, 0.2) is 0 Å². The van der Waals surface area contributed by atoms with E-state index in [9.17, 15) is 4.79 Å². The maximum absolute atomic E-state index is 12.1. The molecule has 0 spiro atoms. The number of carbonyl (C=O) groups excluding carboxylic acids is 1. The van der Waals surface area contributed by atoms with Crippen LogP contribution in [0.1, 0.15) is 25.0 Å². The first-order valence-electron chi connectivity index (χ1n) is 6.10. The lowest BCUT2D eigenvalue weighted by Gasteiger charge is -2.17. The third kappa shape index (κ3) is 3.21. The number of amides is 1. The fraction of sp³-hybridized carbons (Fsp3) is 0.333. The number of benzene rings is 1. The minimum atomic E-state index is -0.203. The first-order chi connectivity index (χ1) is 8.63. The third-order valence-corrected chi connectivity index (χ3v) is 2.89. The van der Waals surface area contributed by atoms with Crippen molar-refractivity contribution in [2.75, 3.05) is 13.1 Å². The quantitative estimate of drug-likeness (QED) is 0.602. The monoisotopic (exact) mass is 242 g/mol. The van der Waals surface area contributed by atoms with Crippen molar-refractivity contribution in [3.63, 3.8) is 0 Å². The summed E-state index contributed by atoms with van der Waals surface area (Å²) in [6.45, 7) is 7.00. The second-order valence-electron chi connectivity index (χ2n) is 4.00. The van der Waals surface area contributed by atoms with Crippen molar-refractivity contribution >= 4 is 12.0 Å². The van der Waals surface area contributed by atoms with Crippen LogP contribution in [0.5, 0.6) is 0 Å². The van der Waals surface area contributed by atoms with E-state index < -0.39 is 0 Å². The Bertz CT molecular complexity index is 493. The van der Waals surface area contributed by atoms with Crippen LogP contribution >= 0.6 is 0 Å². The van der Waals surface area contributed by atoms with Crippen LogP contribution in [0.25, 0.3) is 6.08 Å². The molecule has 0 N–H and O–H groups in total. The number of likely N-dealkylation sites (N-methyl/N-ethyl adjacent to an activating group) is 1. The minimum Gasteiger partial charge on any atom is -0.339 e. The molecule has 3 heteroatoms. The predicted molar refractivity (Wildman–Crippen MR) is 72.7 cm³/mol. The summed E-state index contributed by atoms with van der Waals surface area (Å²) in [5, 5.41) is 9.12. The van der Waals surface area contributed by atoms with Gasteiger partial charge in [0, 0.05) is 13.1 Å². The molecule has 0 saturated heterocycles. The van der Waals surface area contributed by atoms with E-state index in [-0.39, 0.29) is 11.5 Å². The molecule has 1 rings (SSSR count). The number of carbonyl (C=O) groups is 1. The van der Waals surface area contributed by atoms with Gasteiger partial charge >= 0.3 is 0 Å². The number of hydrogen-bond acceptors (Lipinski definition) is 2. The molecule has 0 aliphatic rings. The summed E-state index contributed by atoms with van der Waals surface area (Å²) in [5.41, 5.74) is 2.15. The highest BCUT2D eigenvalue weighted by molar-refractivity contribution is 6.01. The van der Waals surface area contributed by atoms with E-state index >= 15 is 0 Å². The Morgan fingerprint density at radius 2 is 1.94 bits per heavy atom. The van der Waals surface area contributed by atoms with Crippen LogP contribution in [0.2, 0.25) is 0 Å². The Morgan fingerprint density at radius 1 is 1.33 bits per heavy atom. The van der Waals surface area contributed by atoms with Crippen LogP contribution in [0.15, 0.2) is 29.8 Å². The van der Waals surface area contributed by atoms with E-state index in [4.69, 9.17) is 5.26 Å². The van der Waals surface area contributed by atoms with Crippen molar-refractivity contribution in [2.24, 2.45) is 0 Å². The van der Waals surface area contributed by atoms with Crippen LogP contribution in [0.4, 0.5) is 0 Å². The molecule has 0 aliphatic carbocycles. The minimum absolute atomic E-state index is 0.188. The lowest BCUT2D eigenvalue weighted by molar-refractivity contribution is -0.126. The molecule has 1 amide bonds. The number of nitrogens with zero attached hydrogens (tertiary/aromatic N) is 2. The summed E-state index contributed by atoms with van der Waals surface area (Å²) < 4.78 is 0. The summed E-state index contributed by atoms with van der Waals surface area (Å²) >= 11 is 0. The molecule has 0 bridgehead atoms. The molecule has 1 aromatic rings. The summed E-state index contributed by atoms with van der Waals surface area (Å²) in [6.07, 6.45) is 1.66. The average molecular weight is 242 g/mol. The molecule has 3 nitrogen and oxygen atoms in total. The smallest absolute Gasteiger partial charge is 0.264 e. The Labute approximate surface area is 108 Å².